The first-order chi connectivity index (χ1) is 8.35. The second-order valence-electron chi connectivity index (χ2n) is 4.66. The van der Waals surface area contributed by atoms with Crippen LogP contribution in [0.1, 0.15) is 44.7 Å². The van der Waals surface area contributed by atoms with Crippen molar-refractivity contribution in [1.29, 1.82) is 0 Å². The molecule has 4 nitrogen and oxygen atoms in total. The highest BCUT2D eigenvalue weighted by Gasteiger charge is 2.22. The number of hydrogen-bond donors (Lipinski definition) is 1. The number of nitrogens with zero attached hydrogens (tertiary/aromatic N) is 3. The van der Waals surface area contributed by atoms with Crippen LogP contribution in [0.25, 0.3) is 0 Å². The van der Waals surface area contributed by atoms with Gasteiger partial charge in [0.15, 0.2) is 0 Å². The van der Waals surface area contributed by atoms with E-state index in [1.54, 1.807) is 12.4 Å². The summed E-state index contributed by atoms with van der Waals surface area (Å²) >= 11 is 0. The van der Waals surface area contributed by atoms with E-state index in [0.29, 0.717) is 11.7 Å². The van der Waals surface area contributed by atoms with E-state index in [1.807, 2.05) is 0 Å². The van der Waals surface area contributed by atoms with Crippen molar-refractivity contribution in [3.63, 3.8) is 0 Å². The molecule has 17 heavy (non-hydrogen) atoms. The molecule has 1 atom stereocenters. The zero-order chi connectivity index (χ0) is 12.1. The zero-order valence-electron chi connectivity index (χ0n) is 10.5. The summed E-state index contributed by atoms with van der Waals surface area (Å²) in [5.41, 5.74) is 0.637. The monoisotopic (exact) mass is 235 g/mol. The molecule has 1 saturated heterocycles. The minimum atomic E-state index is -0.0360. The van der Waals surface area contributed by atoms with Gasteiger partial charge in [0.25, 0.3) is 0 Å². The Hall–Kier alpha value is -1.16. The van der Waals surface area contributed by atoms with E-state index >= 15 is 0 Å². The Bertz CT molecular complexity index is 337. The van der Waals surface area contributed by atoms with E-state index in [2.05, 4.69) is 21.8 Å². The molecule has 2 rings (SSSR count). The van der Waals surface area contributed by atoms with Crippen LogP contribution in [0, 0.1) is 0 Å². The summed E-state index contributed by atoms with van der Waals surface area (Å²) in [5.74, 6) is 0.959. The fraction of sp³-hybridized carbons (Fsp3) is 0.692. The van der Waals surface area contributed by atoms with Crippen molar-refractivity contribution >= 4 is 5.82 Å². The number of aromatic nitrogens is 2. The predicted octanol–water partition coefficient (Wildman–Crippen LogP) is 2.13. The van der Waals surface area contributed by atoms with E-state index in [1.165, 1.54) is 32.1 Å². The average molecular weight is 235 g/mol. The van der Waals surface area contributed by atoms with Crippen LogP contribution >= 0.6 is 0 Å². The van der Waals surface area contributed by atoms with Gasteiger partial charge in [0.2, 0.25) is 0 Å². The fourth-order valence-electron chi connectivity index (χ4n) is 2.51. The molecule has 0 radical (unpaired) electrons. The predicted molar refractivity (Wildman–Crippen MR) is 67.8 cm³/mol. The molecular weight excluding hydrogens is 214 g/mol. The number of piperidine rings is 1. The summed E-state index contributed by atoms with van der Waals surface area (Å²) in [6.07, 6.45) is 9.73. The molecule has 1 aromatic rings. The first kappa shape index (κ1) is 12.3. The van der Waals surface area contributed by atoms with Crippen LogP contribution in [-0.4, -0.2) is 27.7 Å². The lowest BCUT2D eigenvalue weighted by Crippen LogP contribution is -2.40. The average Bonchev–Trinajstić information content (AvgIpc) is 2.40. The van der Waals surface area contributed by atoms with Gasteiger partial charge < -0.3 is 10.0 Å². The van der Waals surface area contributed by atoms with Gasteiger partial charge in [-0.1, -0.05) is 13.3 Å². The molecule has 94 valence electrons. The van der Waals surface area contributed by atoms with Crippen molar-refractivity contribution in [3.05, 3.63) is 18.1 Å². The van der Waals surface area contributed by atoms with Crippen LogP contribution in [0.5, 0.6) is 0 Å². The molecule has 0 saturated carbocycles. The maximum absolute atomic E-state index is 8.96. The summed E-state index contributed by atoms with van der Waals surface area (Å²) in [4.78, 5) is 11.0. The van der Waals surface area contributed by atoms with E-state index in [4.69, 9.17) is 5.11 Å². The summed E-state index contributed by atoms with van der Waals surface area (Å²) in [5, 5.41) is 8.96. The van der Waals surface area contributed by atoms with Gasteiger partial charge in [-0.25, -0.2) is 4.98 Å². The molecule has 0 aromatic carbocycles. The molecule has 0 amide bonds. The van der Waals surface area contributed by atoms with Gasteiger partial charge in [0.05, 0.1) is 24.7 Å². The Kier molecular flexibility index (Phi) is 4.31. The van der Waals surface area contributed by atoms with Crippen LogP contribution < -0.4 is 4.90 Å². The van der Waals surface area contributed by atoms with E-state index in [-0.39, 0.29) is 6.61 Å². The molecule has 1 unspecified atom stereocenters. The standard InChI is InChI=1S/C13H21N3O/c1-2-5-12-6-3-4-7-16(12)13-9-14-11(10-17)8-15-13/h8-9,12,17H,2-7,10H2,1H3. The summed E-state index contributed by atoms with van der Waals surface area (Å²) in [6, 6.07) is 0.614. The van der Waals surface area contributed by atoms with Gasteiger partial charge in [-0.05, 0) is 25.7 Å². The fourth-order valence-corrected chi connectivity index (χ4v) is 2.51. The van der Waals surface area contributed by atoms with Gasteiger partial charge in [0.1, 0.15) is 5.82 Å². The SMILES string of the molecule is CCCC1CCCCN1c1cnc(CO)cn1. The Morgan fingerprint density at radius 3 is 2.88 bits per heavy atom. The molecular formula is C13H21N3O. The Balaban J connectivity index is 2.11. The third-order valence-electron chi connectivity index (χ3n) is 3.40. The van der Waals surface area contributed by atoms with Gasteiger partial charge in [0, 0.05) is 12.6 Å². The van der Waals surface area contributed by atoms with Crippen molar-refractivity contribution in [1.82, 2.24) is 9.97 Å². The highest BCUT2D eigenvalue weighted by atomic mass is 16.3. The van der Waals surface area contributed by atoms with Crippen LogP contribution in [-0.2, 0) is 6.61 Å². The van der Waals surface area contributed by atoms with E-state index in [0.717, 1.165) is 12.4 Å². The molecule has 4 heteroatoms. The van der Waals surface area contributed by atoms with Crippen LogP contribution in [0.2, 0.25) is 0 Å². The largest absolute Gasteiger partial charge is 0.390 e. The number of aliphatic hydroxyl groups is 1. The van der Waals surface area contributed by atoms with Crippen LogP contribution in [0.4, 0.5) is 5.82 Å². The lowest BCUT2D eigenvalue weighted by Gasteiger charge is -2.36. The molecule has 0 bridgehead atoms. The summed E-state index contributed by atoms with van der Waals surface area (Å²) in [6.45, 7) is 3.27. The Morgan fingerprint density at radius 1 is 1.35 bits per heavy atom. The number of aliphatic hydroxyl groups excluding tert-OH is 1. The lowest BCUT2D eigenvalue weighted by molar-refractivity contribution is 0.276. The maximum Gasteiger partial charge on any atom is 0.147 e. The van der Waals surface area contributed by atoms with Crippen LogP contribution in [0.3, 0.4) is 0 Å². The second-order valence-corrected chi connectivity index (χ2v) is 4.66. The smallest absolute Gasteiger partial charge is 0.147 e. The Labute approximate surface area is 103 Å². The maximum atomic E-state index is 8.96. The molecule has 1 N–H and O–H groups in total. The van der Waals surface area contributed by atoms with Gasteiger partial charge >= 0.3 is 0 Å². The second kappa shape index (κ2) is 5.96. The van der Waals surface area contributed by atoms with E-state index < -0.39 is 0 Å². The topological polar surface area (TPSA) is 49.2 Å². The quantitative estimate of drug-likeness (QED) is 0.868. The third kappa shape index (κ3) is 2.94. The summed E-state index contributed by atoms with van der Waals surface area (Å²) in [7, 11) is 0. The van der Waals surface area contributed by atoms with Crippen molar-refractivity contribution in [2.24, 2.45) is 0 Å². The molecule has 1 aliphatic rings. The van der Waals surface area contributed by atoms with Crippen molar-refractivity contribution in [2.45, 2.75) is 51.7 Å². The number of anilines is 1. The van der Waals surface area contributed by atoms with E-state index in [9.17, 15) is 0 Å². The Morgan fingerprint density at radius 2 is 2.24 bits per heavy atom. The third-order valence-corrected chi connectivity index (χ3v) is 3.40. The number of rotatable bonds is 4. The zero-order valence-corrected chi connectivity index (χ0v) is 10.5. The molecule has 1 aliphatic heterocycles. The van der Waals surface area contributed by atoms with Crippen LogP contribution in [0.15, 0.2) is 12.4 Å². The first-order valence-corrected chi connectivity index (χ1v) is 6.53. The number of hydrogen-bond acceptors (Lipinski definition) is 4. The van der Waals surface area contributed by atoms with Gasteiger partial charge in [-0.2, -0.15) is 0 Å². The highest BCUT2D eigenvalue weighted by Crippen LogP contribution is 2.25. The lowest BCUT2D eigenvalue weighted by atomic mass is 9.98. The van der Waals surface area contributed by atoms with Crippen molar-refractivity contribution in [3.8, 4) is 0 Å². The molecule has 0 aliphatic carbocycles. The molecule has 0 spiro atoms. The highest BCUT2D eigenvalue weighted by molar-refractivity contribution is 5.37. The molecule has 2 heterocycles. The molecule has 1 aromatic heterocycles. The minimum absolute atomic E-state index is 0.0360. The van der Waals surface area contributed by atoms with Crippen molar-refractivity contribution < 1.29 is 5.11 Å². The summed E-state index contributed by atoms with van der Waals surface area (Å²) < 4.78 is 0. The molecule has 1 fully saturated rings. The minimum Gasteiger partial charge on any atom is -0.390 e. The normalized spacial score (nSPS) is 20.6. The van der Waals surface area contributed by atoms with Gasteiger partial charge in [-0.15, -0.1) is 0 Å². The van der Waals surface area contributed by atoms with Gasteiger partial charge in [-0.3, -0.25) is 4.98 Å². The first-order valence-electron chi connectivity index (χ1n) is 6.53. The van der Waals surface area contributed by atoms with Crippen molar-refractivity contribution in [2.75, 3.05) is 11.4 Å².